The van der Waals surface area contributed by atoms with Gasteiger partial charge in [0, 0.05) is 19.1 Å². The standard InChI is InChI=1S/C16H23FN4O.HI/c1-2-18-16(20-11-15(22)21-14-6-7-14)19-9-8-12-4-3-5-13(17)10-12;/h3-5,10,14H,2,6-9,11H2,1H3,(H,21,22)(H2,18,19,20);1H. The molecule has 0 spiro atoms. The summed E-state index contributed by atoms with van der Waals surface area (Å²) in [5, 5.41) is 9.14. The number of rotatable bonds is 7. The Balaban J connectivity index is 0.00000264. The first kappa shape index (κ1) is 19.7. The number of nitrogens with zero attached hydrogens (tertiary/aromatic N) is 1. The molecule has 1 aromatic rings. The second-order valence-corrected chi connectivity index (χ2v) is 5.34. The van der Waals surface area contributed by atoms with Crippen LogP contribution in [0.15, 0.2) is 29.3 Å². The molecule has 0 saturated heterocycles. The van der Waals surface area contributed by atoms with Crippen LogP contribution in [-0.4, -0.2) is 37.5 Å². The van der Waals surface area contributed by atoms with Crippen LogP contribution in [-0.2, 0) is 11.2 Å². The lowest BCUT2D eigenvalue weighted by Gasteiger charge is -2.11. The minimum atomic E-state index is -0.227. The van der Waals surface area contributed by atoms with Crippen LogP contribution in [0.1, 0.15) is 25.3 Å². The summed E-state index contributed by atoms with van der Waals surface area (Å²) in [6, 6.07) is 6.89. The second-order valence-electron chi connectivity index (χ2n) is 5.34. The zero-order valence-electron chi connectivity index (χ0n) is 13.3. The molecule has 0 bridgehead atoms. The SMILES string of the molecule is CCNC(=NCC(=O)NC1CC1)NCCc1cccc(F)c1.I. The minimum absolute atomic E-state index is 0. The Morgan fingerprint density at radius 1 is 1.35 bits per heavy atom. The molecule has 2 rings (SSSR count). The van der Waals surface area contributed by atoms with Crippen molar-refractivity contribution in [2.75, 3.05) is 19.6 Å². The van der Waals surface area contributed by atoms with E-state index < -0.39 is 0 Å². The van der Waals surface area contributed by atoms with Crippen LogP contribution < -0.4 is 16.0 Å². The molecule has 0 unspecified atom stereocenters. The van der Waals surface area contributed by atoms with E-state index in [-0.39, 0.29) is 42.2 Å². The largest absolute Gasteiger partial charge is 0.357 e. The summed E-state index contributed by atoms with van der Waals surface area (Å²) in [7, 11) is 0. The van der Waals surface area contributed by atoms with Crippen LogP contribution in [0, 0.1) is 5.82 Å². The smallest absolute Gasteiger partial charge is 0.242 e. The van der Waals surface area contributed by atoms with Gasteiger partial charge in [-0.3, -0.25) is 4.79 Å². The molecule has 23 heavy (non-hydrogen) atoms. The van der Waals surface area contributed by atoms with Crippen molar-refractivity contribution >= 4 is 35.8 Å². The number of carbonyl (C=O) groups excluding carboxylic acids is 1. The molecule has 0 aromatic heterocycles. The quantitative estimate of drug-likeness (QED) is 0.349. The van der Waals surface area contributed by atoms with Crippen LogP contribution in [0.4, 0.5) is 4.39 Å². The zero-order chi connectivity index (χ0) is 15.8. The fraction of sp³-hybridized carbons (Fsp3) is 0.500. The van der Waals surface area contributed by atoms with Crippen molar-refractivity contribution in [1.82, 2.24) is 16.0 Å². The Morgan fingerprint density at radius 2 is 2.13 bits per heavy atom. The lowest BCUT2D eigenvalue weighted by molar-refractivity contribution is -0.119. The van der Waals surface area contributed by atoms with E-state index in [0.29, 0.717) is 25.0 Å². The third kappa shape index (κ3) is 8.15. The number of guanidine groups is 1. The first-order chi connectivity index (χ1) is 10.7. The number of benzene rings is 1. The van der Waals surface area contributed by atoms with Crippen molar-refractivity contribution in [2.24, 2.45) is 4.99 Å². The highest BCUT2D eigenvalue weighted by molar-refractivity contribution is 14.0. The summed E-state index contributed by atoms with van der Waals surface area (Å²) < 4.78 is 13.1. The first-order valence-electron chi connectivity index (χ1n) is 7.73. The highest BCUT2D eigenvalue weighted by Gasteiger charge is 2.22. The van der Waals surface area contributed by atoms with Crippen molar-refractivity contribution in [2.45, 2.75) is 32.2 Å². The van der Waals surface area contributed by atoms with Crippen LogP contribution >= 0.6 is 24.0 Å². The summed E-state index contributed by atoms with van der Waals surface area (Å²) in [6.45, 7) is 3.43. The molecule has 0 atom stereocenters. The van der Waals surface area contributed by atoms with Gasteiger partial charge in [-0.2, -0.15) is 0 Å². The number of nitrogens with one attached hydrogen (secondary N) is 3. The molecule has 0 heterocycles. The Morgan fingerprint density at radius 3 is 2.78 bits per heavy atom. The van der Waals surface area contributed by atoms with Gasteiger partial charge in [-0.1, -0.05) is 12.1 Å². The van der Waals surface area contributed by atoms with Gasteiger partial charge in [-0.05, 0) is 43.9 Å². The fourth-order valence-electron chi connectivity index (χ4n) is 2.01. The Bertz CT molecular complexity index is 535. The molecule has 1 aromatic carbocycles. The van der Waals surface area contributed by atoms with E-state index in [4.69, 9.17) is 0 Å². The summed E-state index contributed by atoms with van der Waals surface area (Å²) in [5.74, 6) is 0.324. The third-order valence-corrected chi connectivity index (χ3v) is 3.26. The van der Waals surface area contributed by atoms with E-state index >= 15 is 0 Å². The monoisotopic (exact) mass is 434 g/mol. The van der Waals surface area contributed by atoms with E-state index in [0.717, 1.165) is 24.9 Å². The van der Waals surface area contributed by atoms with E-state index in [2.05, 4.69) is 20.9 Å². The number of carbonyl (C=O) groups is 1. The molecule has 1 saturated carbocycles. The van der Waals surface area contributed by atoms with Gasteiger partial charge in [0.1, 0.15) is 12.4 Å². The molecule has 1 aliphatic rings. The molecule has 0 radical (unpaired) electrons. The van der Waals surface area contributed by atoms with Crippen LogP contribution in [0.3, 0.4) is 0 Å². The van der Waals surface area contributed by atoms with Gasteiger partial charge in [-0.25, -0.2) is 9.38 Å². The van der Waals surface area contributed by atoms with Crippen molar-refractivity contribution in [3.05, 3.63) is 35.6 Å². The van der Waals surface area contributed by atoms with Crippen molar-refractivity contribution in [1.29, 1.82) is 0 Å². The van der Waals surface area contributed by atoms with E-state index in [1.165, 1.54) is 12.1 Å². The van der Waals surface area contributed by atoms with Gasteiger partial charge in [0.05, 0.1) is 0 Å². The van der Waals surface area contributed by atoms with E-state index in [1.54, 1.807) is 6.07 Å². The Hall–Kier alpha value is -1.38. The lowest BCUT2D eigenvalue weighted by atomic mass is 10.1. The summed E-state index contributed by atoms with van der Waals surface area (Å²) in [5.41, 5.74) is 0.926. The molecule has 1 aliphatic carbocycles. The van der Waals surface area contributed by atoms with Gasteiger partial charge < -0.3 is 16.0 Å². The van der Waals surface area contributed by atoms with E-state index in [9.17, 15) is 9.18 Å². The van der Waals surface area contributed by atoms with Gasteiger partial charge >= 0.3 is 0 Å². The molecule has 128 valence electrons. The Labute approximate surface area is 153 Å². The van der Waals surface area contributed by atoms with Gasteiger partial charge in [0.15, 0.2) is 5.96 Å². The Kier molecular flexibility index (Phi) is 8.90. The summed E-state index contributed by atoms with van der Waals surface area (Å²) >= 11 is 0. The maximum atomic E-state index is 13.1. The van der Waals surface area contributed by atoms with Crippen LogP contribution in [0.2, 0.25) is 0 Å². The zero-order valence-corrected chi connectivity index (χ0v) is 15.6. The molecular weight excluding hydrogens is 410 g/mol. The van der Waals surface area contributed by atoms with Crippen LogP contribution in [0.25, 0.3) is 0 Å². The fourth-order valence-corrected chi connectivity index (χ4v) is 2.01. The number of aliphatic imine (C=N–C) groups is 1. The molecule has 3 N–H and O–H groups in total. The molecule has 7 heteroatoms. The average molecular weight is 434 g/mol. The van der Waals surface area contributed by atoms with Crippen molar-refractivity contribution in [3.8, 4) is 0 Å². The molecule has 5 nitrogen and oxygen atoms in total. The number of hydrogen-bond donors (Lipinski definition) is 3. The number of amides is 1. The lowest BCUT2D eigenvalue weighted by Crippen LogP contribution is -2.39. The van der Waals surface area contributed by atoms with E-state index in [1.807, 2.05) is 13.0 Å². The highest BCUT2D eigenvalue weighted by atomic mass is 127. The first-order valence-corrected chi connectivity index (χ1v) is 7.73. The normalized spacial score (nSPS) is 13.9. The molecule has 1 fully saturated rings. The van der Waals surface area contributed by atoms with Crippen molar-refractivity contribution in [3.63, 3.8) is 0 Å². The van der Waals surface area contributed by atoms with Crippen LogP contribution in [0.5, 0.6) is 0 Å². The summed E-state index contributed by atoms with van der Waals surface area (Å²) in [6.07, 6.45) is 2.83. The second kappa shape index (κ2) is 10.4. The number of halogens is 2. The summed E-state index contributed by atoms with van der Waals surface area (Å²) in [4.78, 5) is 15.9. The predicted molar refractivity (Wildman–Crippen MR) is 101 cm³/mol. The molecule has 1 amide bonds. The maximum Gasteiger partial charge on any atom is 0.242 e. The van der Waals surface area contributed by atoms with Gasteiger partial charge in [-0.15, -0.1) is 24.0 Å². The topological polar surface area (TPSA) is 65.5 Å². The maximum absolute atomic E-state index is 13.1. The van der Waals surface area contributed by atoms with Gasteiger partial charge in [0.2, 0.25) is 5.91 Å². The number of hydrogen-bond acceptors (Lipinski definition) is 2. The minimum Gasteiger partial charge on any atom is -0.357 e. The highest BCUT2D eigenvalue weighted by Crippen LogP contribution is 2.18. The van der Waals surface area contributed by atoms with Gasteiger partial charge in [0.25, 0.3) is 0 Å². The molecule has 0 aliphatic heterocycles. The predicted octanol–water partition coefficient (Wildman–Crippen LogP) is 1.82. The third-order valence-electron chi connectivity index (χ3n) is 3.26. The average Bonchev–Trinajstić information content (AvgIpc) is 3.29. The van der Waals surface area contributed by atoms with Crippen molar-refractivity contribution < 1.29 is 9.18 Å². The molecular formula is C16H24FIN4O.